The molecule has 0 spiro atoms. The number of amides is 1. The number of halogens is 1. The van der Waals surface area contributed by atoms with Crippen LogP contribution in [-0.4, -0.2) is 21.5 Å². The third-order valence-electron chi connectivity index (χ3n) is 4.45. The van der Waals surface area contributed by atoms with Crippen LogP contribution in [0.5, 0.6) is 0 Å². The molecule has 1 saturated carbocycles. The zero-order chi connectivity index (χ0) is 16.2. The summed E-state index contributed by atoms with van der Waals surface area (Å²) in [6.45, 7) is 0.321. The quantitative estimate of drug-likeness (QED) is 0.887. The fourth-order valence-corrected chi connectivity index (χ4v) is 3.10. The summed E-state index contributed by atoms with van der Waals surface area (Å²) >= 11 is 0. The van der Waals surface area contributed by atoms with Gasteiger partial charge in [-0.1, -0.05) is 12.5 Å². The zero-order valence-corrected chi connectivity index (χ0v) is 12.9. The molecule has 5 nitrogen and oxygen atoms in total. The summed E-state index contributed by atoms with van der Waals surface area (Å²) in [6.07, 6.45) is 8.40. The largest absolute Gasteiger partial charge is 0.352 e. The number of benzene rings is 1. The van der Waals surface area contributed by atoms with Gasteiger partial charge in [0.25, 0.3) is 0 Å². The summed E-state index contributed by atoms with van der Waals surface area (Å²) in [7, 11) is 0. The minimum Gasteiger partial charge on any atom is -0.352 e. The van der Waals surface area contributed by atoms with Gasteiger partial charge in [-0.15, -0.1) is 0 Å². The molecule has 1 heterocycles. The van der Waals surface area contributed by atoms with Crippen LogP contribution < -0.4 is 11.1 Å². The molecule has 1 aromatic carbocycles. The number of aromatic nitrogens is 2. The summed E-state index contributed by atoms with van der Waals surface area (Å²) in [5.74, 6) is -0.0886. The van der Waals surface area contributed by atoms with Gasteiger partial charge in [-0.25, -0.2) is 9.37 Å². The van der Waals surface area contributed by atoms with E-state index in [4.69, 9.17) is 5.73 Å². The first kappa shape index (κ1) is 15.7. The highest BCUT2D eigenvalue weighted by molar-refractivity contribution is 5.76. The van der Waals surface area contributed by atoms with Gasteiger partial charge in [-0.3, -0.25) is 4.79 Å². The third kappa shape index (κ3) is 3.76. The van der Waals surface area contributed by atoms with Gasteiger partial charge >= 0.3 is 0 Å². The minimum absolute atomic E-state index is 0.0218. The Morgan fingerprint density at radius 2 is 2.30 bits per heavy atom. The molecule has 3 N–H and O–H groups in total. The first-order chi connectivity index (χ1) is 11.1. The molecular weight excluding hydrogens is 295 g/mol. The first-order valence-electron chi connectivity index (χ1n) is 7.92. The second-order valence-corrected chi connectivity index (χ2v) is 6.09. The number of nitrogens with one attached hydrogen (secondary N) is 1. The Balaban J connectivity index is 1.56. The van der Waals surface area contributed by atoms with Crippen LogP contribution in [0.25, 0.3) is 5.69 Å². The standard InChI is InChI=1S/C17H21FN4O/c18-14-8-12(4-5-16(14)22-7-6-20-11-22)10-21-17(23)9-13-2-1-3-15(13)19/h4-8,11,13,15H,1-3,9-10,19H2,(H,21,23)/t13-,15+/m0/s1. The summed E-state index contributed by atoms with van der Waals surface area (Å²) in [4.78, 5) is 15.9. The van der Waals surface area contributed by atoms with Crippen LogP contribution >= 0.6 is 0 Å². The lowest BCUT2D eigenvalue weighted by molar-refractivity contribution is -0.122. The molecular formula is C17H21FN4O. The predicted octanol–water partition coefficient (Wildman–Crippen LogP) is 2.15. The fraction of sp³-hybridized carbons (Fsp3) is 0.412. The summed E-state index contributed by atoms with van der Waals surface area (Å²) < 4.78 is 15.7. The van der Waals surface area contributed by atoms with Crippen molar-refractivity contribution in [1.29, 1.82) is 0 Å². The molecule has 0 unspecified atom stereocenters. The summed E-state index contributed by atoms with van der Waals surface area (Å²) in [5.41, 5.74) is 7.15. The van der Waals surface area contributed by atoms with Crippen molar-refractivity contribution in [3.8, 4) is 5.69 Å². The number of hydrogen-bond acceptors (Lipinski definition) is 3. The Labute approximate surface area is 134 Å². The highest BCUT2D eigenvalue weighted by Gasteiger charge is 2.25. The van der Waals surface area contributed by atoms with Crippen LogP contribution in [0.2, 0.25) is 0 Å². The van der Waals surface area contributed by atoms with E-state index in [1.54, 1.807) is 35.4 Å². The van der Waals surface area contributed by atoms with Crippen molar-refractivity contribution in [3.63, 3.8) is 0 Å². The monoisotopic (exact) mass is 316 g/mol. The molecule has 0 saturated heterocycles. The van der Waals surface area contributed by atoms with Gasteiger partial charge in [-0.05, 0) is 36.5 Å². The van der Waals surface area contributed by atoms with Crippen molar-refractivity contribution in [2.75, 3.05) is 0 Å². The fourth-order valence-electron chi connectivity index (χ4n) is 3.10. The highest BCUT2D eigenvalue weighted by Crippen LogP contribution is 2.26. The number of carbonyl (C=O) groups is 1. The van der Waals surface area contributed by atoms with Crippen molar-refractivity contribution >= 4 is 5.91 Å². The van der Waals surface area contributed by atoms with E-state index in [-0.39, 0.29) is 23.7 Å². The summed E-state index contributed by atoms with van der Waals surface area (Å²) in [5, 5.41) is 2.85. The molecule has 0 radical (unpaired) electrons. The number of nitrogens with zero attached hydrogens (tertiary/aromatic N) is 2. The minimum atomic E-state index is -0.340. The molecule has 6 heteroatoms. The first-order valence-corrected chi connectivity index (χ1v) is 7.92. The van der Waals surface area contributed by atoms with Gasteiger partial charge in [0.1, 0.15) is 5.82 Å². The molecule has 23 heavy (non-hydrogen) atoms. The third-order valence-corrected chi connectivity index (χ3v) is 4.45. The topological polar surface area (TPSA) is 72.9 Å². The molecule has 2 aromatic rings. The molecule has 0 bridgehead atoms. The predicted molar refractivity (Wildman–Crippen MR) is 85.3 cm³/mol. The molecule has 0 aliphatic heterocycles. The molecule has 1 amide bonds. The smallest absolute Gasteiger partial charge is 0.220 e. The molecule has 1 aliphatic carbocycles. The van der Waals surface area contributed by atoms with E-state index in [0.29, 0.717) is 18.7 Å². The van der Waals surface area contributed by atoms with Crippen LogP contribution in [0.1, 0.15) is 31.2 Å². The van der Waals surface area contributed by atoms with E-state index in [1.807, 2.05) is 0 Å². The van der Waals surface area contributed by atoms with Gasteiger partial charge in [0, 0.05) is 31.4 Å². The number of hydrogen-bond donors (Lipinski definition) is 2. The van der Waals surface area contributed by atoms with Crippen molar-refractivity contribution in [2.24, 2.45) is 11.7 Å². The lowest BCUT2D eigenvalue weighted by Gasteiger charge is -2.15. The number of imidazole rings is 1. The lowest BCUT2D eigenvalue weighted by Crippen LogP contribution is -2.31. The molecule has 2 atom stereocenters. The van der Waals surface area contributed by atoms with Crippen LogP contribution in [0.4, 0.5) is 4.39 Å². The van der Waals surface area contributed by atoms with Crippen LogP contribution in [-0.2, 0) is 11.3 Å². The Morgan fingerprint density at radius 1 is 1.43 bits per heavy atom. The van der Waals surface area contributed by atoms with Crippen molar-refractivity contribution in [2.45, 2.75) is 38.3 Å². The molecule has 122 valence electrons. The Hall–Kier alpha value is -2.21. The second kappa shape index (κ2) is 6.91. The normalized spacial score (nSPS) is 20.6. The maximum atomic E-state index is 14.1. The van der Waals surface area contributed by atoms with E-state index in [2.05, 4.69) is 10.3 Å². The molecule has 1 fully saturated rings. The molecule has 1 aliphatic rings. The van der Waals surface area contributed by atoms with E-state index in [9.17, 15) is 9.18 Å². The van der Waals surface area contributed by atoms with E-state index < -0.39 is 0 Å². The Kier molecular flexibility index (Phi) is 4.71. The second-order valence-electron chi connectivity index (χ2n) is 6.09. The van der Waals surface area contributed by atoms with Gasteiger partial charge in [0.05, 0.1) is 12.0 Å². The Morgan fingerprint density at radius 3 is 2.96 bits per heavy atom. The van der Waals surface area contributed by atoms with Crippen LogP contribution in [0.3, 0.4) is 0 Å². The average molecular weight is 316 g/mol. The maximum absolute atomic E-state index is 14.1. The number of carbonyl (C=O) groups excluding carboxylic acids is 1. The number of rotatable bonds is 5. The zero-order valence-electron chi connectivity index (χ0n) is 12.9. The SMILES string of the molecule is N[C@@H]1CCC[C@H]1CC(=O)NCc1ccc(-n2ccnc2)c(F)c1. The van der Waals surface area contributed by atoms with Crippen LogP contribution in [0.15, 0.2) is 36.9 Å². The van der Waals surface area contributed by atoms with Gasteiger partial charge in [-0.2, -0.15) is 0 Å². The van der Waals surface area contributed by atoms with Gasteiger partial charge < -0.3 is 15.6 Å². The number of nitrogens with two attached hydrogens (primary N) is 1. The van der Waals surface area contributed by atoms with E-state index in [1.165, 1.54) is 6.07 Å². The van der Waals surface area contributed by atoms with Crippen molar-refractivity contribution < 1.29 is 9.18 Å². The van der Waals surface area contributed by atoms with Gasteiger partial charge in [0.15, 0.2) is 0 Å². The van der Waals surface area contributed by atoms with Crippen molar-refractivity contribution in [1.82, 2.24) is 14.9 Å². The lowest BCUT2D eigenvalue weighted by atomic mass is 10.00. The molecule has 3 rings (SSSR count). The Bertz CT molecular complexity index is 671. The summed E-state index contributed by atoms with van der Waals surface area (Å²) in [6, 6.07) is 5.06. The van der Waals surface area contributed by atoms with Gasteiger partial charge in [0.2, 0.25) is 5.91 Å². The van der Waals surface area contributed by atoms with E-state index in [0.717, 1.165) is 24.8 Å². The average Bonchev–Trinajstić information content (AvgIpc) is 3.18. The molecule has 1 aromatic heterocycles. The van der Waals surface area contributed by atoms with E-state index >= 15 is 0 Å². The maximum Gasteiger partial charge on any atom is 0.220 e. The highest BCUT2D eigenvalue weighted by atomic mass is 19.1. The van der Waals surface area contributed by atoms with Crippen molar-refractivity contribution in [3.05, 3.63) is 48.3 Å². The van der Waals surface area contributed by atoms with Crippen LogP contribution in [0, 0.1) is 11.7 Å².